The standard InChI is InChI=1S/C13H12F3N3/c1-7-5-8(14)3-4-11(7)18-13-10(16)6-9(15)12(17-2)19-13/h3-6H,1-2H3,(H2,17,18,19). The predicted octanol–water partition coefficient (Wildman–Crippen LogP) is 3.59. The number of rotatable bonds is 3. The van der Waals surface area contributed by atoms with E-state index in [2.05, 4.69) is 15.6 Å². The zero-order valence-corrected chi connectivity index (χ0v) is 10.4. The third-order valence-corrected chi connectivity index (χ3v) is 2.61. The van der Waals surface area contributed by atoms with Crippen LogP contribution in [0.1, 0.15) is 5.56 Å². The number of aryl methyl sites for hydroxylation is 1. The van der Waals surface area contributed by atoms with Gasteiger partial charge in [-0.15, -0.1) is 0 Å². The Morgan fingerprint density at radius 2 is 1.68 bits per heavy atom. The molecule has 0 fully saturated rings. The van der Waals surface area contributed by atoms with E-state index in [9.17, 15) is 13.2 Å². The molecular formula is C13H12F3N3. The largest absolute Gasteiger partial charge is 0.371 e. The van der Waals surface area contributed by atoms with Crippen molar-refractivity contribution in [2.75, 3.05) is 17.7 Å². The molecule has 2 aromatic rings. The van der Waals surface area contributed by atoms with Crippen molar-refractivity contribution in [2.24, 2.45) is 0 Å². The highest BCUT2D eigenvalue weighted by molar-refractivity contribution is 5.62. The van der Waals surface area contributed by atoms with Gasteiger partial charge in [0.25, 0.3) is 0 Å². The highest BCUT2D eigenvalue weighted by atomic mass is 19.1. The number of hydrogen-bond acceptors (Lipinski definition) is 3. The number of nitrogens with zero attached hydrogens (tertiary/aromatic N) is 1. The summed E-state index contributed by atoms with van der Waals surface area (Å²) in [5, 5.41) is 5.23. The van der Waals surface area contributed by atoms with E-state index >= 15 is 0 Å². The summed E-state index contributed by atoms with van der Waals surface area (Å²) < 4.78 is 39.8. The molecule has 2 rings (SSSR count). The lowest BCUT2D eigenvalue weighted by atomic mass is 10.2. The second-order valence-corrected chi connectivity index (χ2v) is 3.98. The molecule has 6 heteroatoms. The molecule has 100 valence electrons. The molecule has 1 aromatic heterocycles. The van der Waals surface area contributed by atoms with Gasteiger partial charge in [-0.1, -0.05) is 0 Å². The number of benzene rings is 1. The van der Waals surface area contributed by atoms with Crippen LogP contribution in [0.15, 0.2) is 24.3 Å². The first-order valence-corrected chi connectivity index (χ1v) is 5.58. The summed E-state index contributed by atoms with van der Waals surface area (Å²) in [5.41, 5.74) is 1.10. The van der Waals surface area contributed by atoms with Crippen molar-refractivity contribution in [1.82, 2.24) is 4.98 Å². The second kappa shape index (κ2) is 5.17. The van der Waals surface area contributed by atoms with Gasteiger partial charge in [-0.3, -0.25) is 0 Å². The van der Waals surface area contributed by atoms with Crippen molar-refractivity contribution in [3.05, 3.63) is 47.3 Å². The molecule has 1 aromatic carbocycles. The van der Waals surface area contributed by atoms with Crippen molar-refractivity contribution in [3.63, 3.8) is 0 Å². The van der Waals surface area contributed by atoms with Crippen molar-refractivity contribution < 1.29 is 13.2 Å². The minimum absolute atomic E-state index is 0.0661. The quantitative estimate of drug-likeness (QED) is 0.892. The van der Waals surface area contributed by atoms with Crippen LogP contribution in [0.4, 0.5) is 30.5 Å². The fourth-order valence-corrected chi connectivity index (χ4v) is 1.62. The van der Waals surface area contributed by atoms with Crippen LogP contribution < -0.4 is 10.6 Å². The first-order valence-electron chi connectivity index (χ1n) is 5.58. The minimum Gasteiger partial charge on any atom is -0.371 e. The normalized spacial score (nSPS) is 10.4. The van der Waals surface area contributed by atoms with Crippen molar-refractivity contribution in [1.29, 1.82) is 0 Å². The fourth-order valence-electron chi connectivity index (χ4n) is 1.62. The number of anilines is 3. The maximum atomic E-state index is 13.6. The van der Waals surface area contributed by atoms with E-state index in [4.69, 9.17) is 0 Å². The van der Waals surface area contributed by atoms with Gasteiger partial charge in [0.1, 0.15) is 5.82 Å². The Labute approximate surface area is 108 Å². The van der Waals surface area contributed by atoms with Crippen LogP contribution in [-0.2, 0) is 0 Å². The Kier molecular flexibility index (Phi) is 3.59. The first-order chi connectivity index (χ1) is 9.01. The topological polar surface area (TPSA) is 37.0 Å². The van der Waals surface area contributed by atoms with E-state index in [-0.39, 0.29) is 17.5 Å². The molecule has 0 saturated heterocycles. The Balaban J connectivity index is 2.37. The van der Waals surface area contributed by atoms with E-state index in [1.165, 1.54) is 25.2 Å². The monoisotopic (exact) mass is 267 g/mol. The fraction of sp³-hybridized carbons (Fsp3) is 0.154. The zero-order valence-electron chi connectivity index (χ0n) is 10.4. The molecule has 2 N–H and O–H groups in total. The molecule has 0 spiro atoms. The van der Waals surface area contributed by atoms with E-state index < -0.39 is 11.6 Å². The molecule has 0 atom stereocenters. The van der Waals surface area contributed by atoms with Crippen molar-refractivity contribution in [2.45, 2.75) is 6.92 Å². The third kappa shape index (κ3) is 2.78. The summed E-state index contributed by atoms with van der Waals surface area (Å²) in [5.74, 6) is -2.17. The molecule has 0 aliphatic carbocycles. The molecule has 0 radical (unpaired) electrons. The van der Waals surface area contributed by atoms with E-state index in [1.54, 1.807) is 6.92 Å². The Bertz CT molecular complexity index is 614. The Morgan fingerprint density at radius 1 is 1.00 bits per heavy atom. The minimum atomic E-state index is -0.819. The van der Waals surface area contributed by atoms with Gasteiger partial charge in [-0.2, -0.15) is 0 Å². The van der Waals surface area contributed by atoms with E-state index in [0.717, 1.165) is 6.07 Å². The summed E-state index contributed by atoms with van der Waals surface area (Å²) in [7, 11) is 1.48. The highest BCUT2D eigenvalue weighted by Crippen LogP contribution is 2.24. The van der Waals surface area contributed by atoms with Crippen LogP contribution in [0.25, 0.3) is 0 Å². The molecule has 0 saturated carbocycles. The molecule has 0 aliphatic rings. The predicted molar refractivity (Wildman–Crippen MR) is 68.1 cm³/mol. The molecule has 0 bridgehead atoms. The van der Waals surface area contributed by atoms with Gasteiger partial charge < -0.3 is 10.6 Å². The maximum absolute atomic E-state index is 13.6. The molecule has 0 unspecified atom stereocenters. The Morgan fingerprint density at radius 3 is 2.32 bits per heavy atom. The number of aromatic nitrogens is 1. The van der Waals surface area contributed by atoms with Crippen LogP contribution in [0.2, 0.25) is 0 Å². The van der Waals surface area contributed by atoms with E-state index in [0.29, 0.717) is 11.3 Å². The lowest BCUT2D eigenvalue weighted by Crippen LogP contribution is -2.04. The van der Waals surface area contributed by atoms with E-state index in [1.807, 2.05) is 0 Å². The molecule has 0 aliphatic heterocycles. The third-order valence-electron chi connectivity index (χ3n) is 2.61. The smallest absolute Gasteiger partial charge is 0.169 e. The van der Waals surface area contributed by atoms with Gasteiger partial charge in [0.2, 0.25) is 0 Å². The van der Waals surface area contributed by atoms with Crippen molar-refractivity contribution in [3.8, 4) is 0 Å². The van der Waals surface area contributed by atoms with Gasteiger partial charge in [-0.25, -0.2) is 18.2 Å². The van der Waals surface area contributed by atoms with Crippen LogP contribution >= 0.6 is 0 Å². The summed E-state index contributed by atoms with van der Waals surface area (Å²) >= 11 is 0. The number of hydrogen-bond donors (Lipinski definition) is 2. The lowest BCUT2D eigenvalue weighted by molar-refractivity contribution is 0.580. The summed E-state index contributed by atoms with van der Waals surface area (Å²) in [6.45, 7) is 1.67. The molecular weight excluding hydrogens is 255 g/mol. The van der Waals surface area contributed by atoms with Gasteiger partial charge in [0.15, 0.2) is 23.3 Å². The average molecular weight is 267 g/mol. The number of halogens is 3. The molecule has 3 nitrogen and oxygen atoms in total. The average Bonchev–Trinajstić information content (AvgIpc) is 2.35. The first kappa shape index (κ1) is 13.2. The summed E-state index contributed by atoms with van der Waals surface area (Å²) in [6, 6.07) is 4.76. The van der Waals surface area contributed by atoms with Crippen molar-refractivity contribution >= 4 is 17.3 Å². The molecule has 1 heterocycles. The molecule has 19 heavy (non-hydrogen) atoms. The lowest BCUT2D eigenvalue weighted by Gasteiger charge is -2.11. The van der Waals surface area contributed by atoms with Crippen LogP contribution in [0, 0.1) is 24.4 Å². The summed E-state index contributed by atoms with van der Waals surface area (Å²) in [6.07, 6.45) is 0. The van der Waals surface area contributed by atoms with Crippen LogP contribution in [-0.4, -0.2) is 12.0 Å². The highest BCUT2D eigenvalue weighted by Gasteiger charge is 2.12. The van der Waals surface area contributed by atoms with Gasteiger partial charge in [0, 0.05) is 18.8 Å². The van der Waals surface area contributed by atoms with Gasteiger partial charge in [0.05, 0.1) is 0 Å². The van der Waals surface area contributed by atoms with Gasteiger partial charge >= 0.3 is 0 Å². The van der Waals surface area contributed by atoms with Gasteiger partial charge in [-0.05, 0) is 30.7 Å². The molecule has 0 amide bonds. The SMILES string of the molecule is CNc1nc(Nc2ccc(F)cc2C)c(F)cc1F. The Hall–Kier alpha value is -2.24. The van der Waals surface area contributed by atoms with Crippen LogP contribution in [0.5, 0.6) is 0 Å². The van der Waals surface area contributed by atoms with Crippen LogP contribution in [0.3, 0.4) is 0 Å². The summed E-state index contributed by atoms with van der Waals surface area (Å²) in [4.78, 5) is 3.78. The second-order valence-electron chi connectivity index (χ2n) is 3.98. The number of pyridine rings is 1. The maximum Gasteiger partial charge on any atom is 0.169 e. The number of nitrogens with one attached hydrogen (secondary N) is 2. The zero-order chi connectivity index (χ0) is 14.0.